The Labute approximate surface area is 155 Å². The summed E-state index contributed by atoms with van der Waals surface area (Å²) < 4.78 is 21.7. The van der Waals surface area contributed by atoms with E-state index in [1.54, 1.807) is 48.5 Å². The topological polar surface area (TPSA) is 83.7 Å². The van der Waals surface area contributed by atoms with E-state index in [1.165, 1.54) is 6.39 Å². The van der Waals surface area contributed by atoms with Gasteiger partial charge in [-0.2, -0.15) is 0 Å². The van der Waals surface area contributed by atoms with Gasteiger partial charge in [0.25, 0.3) is 0 Å². The van der Waals surface area contributed by atoms with Crippen LogP contribution < -0.4 is 9.47 Å². The molecule has 27 heavy (non-hydrogen) atoms. The molecular weight excluding hydrogens is 348 g/mol. The Kier molecular flexibility index (Phi) is 5.11. The van der Waals surface area contributed by atoms with Crippen LogP contribution in [0.5, 0.6) is 11.5 Å². The molecule has 3 aromatic rings. The second kappa shape index (κ2) is 8.01. The van der Waals surface area contributed by atoms with Crippen molar-refractivity contribution in [3.63, 3.8) is 0 Å². The highest BCUT2D eigenvalue weighted by atomic mass is 16.5. The largest absolute Gasteiger partial charge is 0.491 e. The van der Waals surface area contributed by atoms with Gasteiger partial charge in [-0.1, -0.05) is 0 Å². The minimum atomic E-state index is -0.439. The van der Waals surface area contributed by atoms with Gasteiger partial charge in [0.1, 0.15) is 18.1 Å². The molecule has 7 heteroatoms. The molecule has 0 spiro atoms. The molecule has 1 aliphatic heterocycles. The lowest BCUT2D eigenvalue weighted by molar-refractivity contribution is 0.0678. The number of rotatable bonds is 6. The monoisotopic (exact) mass is 366 g/mol. The van der Waals surface area contributed by atoms with Crippen molar-refractivity contribution in [2.45, 2.75) is 18.9 Å². The van der Waals surface area contributed by atoms with Crippen molar-refractivity contribution in [2.24, 2.45) is 0 Å². The number of esters is 1. The molecule has 2 heterocycles. The second-order valence-corrected chi connectivity index (χ2v) is 6.13. The Morgan fingerprint density at radius 3 is 2.52 bits per heavy atom. The first-order valence-electron chi connectivity index (χ1n) is 8.71. The van der Waals surface area contributed by atoms with Crippen molar-refractivity contribution in [1.82, 2.24) is 10.2 Å². The Hall–Kier alpha value is -3.19. The number of nitrogens with zero attached hydrogens (tertiary/aromatic N) is 2. The summed E-state index contributed by atoms with van der Waals surface area (Å²) in [4.78, 5) is 12.3. The normalized spacial score (nSPS) is 16.2. The summed E-state index contributed by atoms with van der Waals surface area (Å²) in [6, 6.07) is 13.7. The minimum absolute atomic E-state index is 0.157. The zero-order chi connectivity index (χ0) is 18.5. The smallest absolute Gasteiger partial charge is 0.343 e. The molecule has 1 atom stereocenters. The maximum atomic E-state index is 12.3. The molecule has 1 fully saturated rings. The maximum Gasteiger partial charge on any atom is 0.343 e. The van der Waals surface area contributed by atoms with Crippen LogP contribution in [-0.4, -0.2) is 35.5 Å². The van der Waals surface area contributed by atoms with Crippen LogP contribution in [0.15, 0.2) is 59.3 Å². The number of benzene rings is 2. The first-order chi connectivity index (χ1) is 13.3. The average molecular weight is 366 g/mol. The van der Waals surface area contributed by atoms with Crippen LogP contribution in [0.4, 0.5) is 0 Å². The summed E-state index contributed by atoms with van der Waals surface area (Å²) in [6.07, 6.45) is 3.52. The predicted octanol–water partition coefficient (Wildman–Crippen LogP) is 3.51. The standard InChI is InChI=1S/C20H18N2O5/c23-20(27-17-9-3-14(4-10-17)19-22-21-13-26-19)15-5-7-16(8-6-15)25-12-18-2-1-11-24-18/h3-10,13,18H,1-2,11-12H2. The summed E-state index contributed by atoms with van der Waals surface area (Å²) in [5, 5.41) is 7.46. The van der Waals surface area contributed by atoms with Crippen molar-refractivity contribution in [1.29, 1.82) is 0 Å². The molecule has 1 unspecified atom stereocenters. The first kappa shape index (κ1) is 17.2. The zero-order valence-electron chi connectivity index (χ0n) is 14.5. The molecule has 0 aliphatic carbocycles. The summed E-state index contributed by atoms with van der Waals surface area (Å²) >= 11 is 0. The van der Waals surface area contributed by atoms with E-state index < -0.39 is 5.97 Å². The van der Waals surface area contributed by atoms with Gasteiger partial charge >= 0.3 is 5.97 Å². The first-order valence-corrected chi connectivity index (χ1v) is 8.71. The van der Waals surface area contributed by atoms with E-state index in [4.69, 9.17) is 18.6 Å². The van der Waals surface area contributed by atoms with Crippen molar-refractivity contribution in [3.8, 4) is 23.0 Å². The lowest BCUT2D eigenvalue weighted by Crippen LogP contribution is -2.16. The number of ether oxygens (including phenoxy) is 3. The van der Waals surface area contributed by atoms with E-state index >= 15 is 0 Å². The van der Waals surface area contributed by atoms with Crippen LogP contribution in [0.3, 0.4) is 0 Å². The molecule has 0 saturated carbocycles. The molecule has 0 amide bonds. The van der Waals surface area contributed by atoms with E-state index in [0.29, 0.717) is 29.6 Å². The Morgan fingerprint density at radius 1 is 1.07 bits per heavy atom. The summed E-state index contributed by atoms with van der Waals surface area (Å²) in [5.41, 5.74) is 1.19. The van der Waals surface area contributed by atoms with Crippen molar-refractivity contribution >= 4 is 5.97 Å². The number of aromatic nitrogens is 2. The third-order valence-corrected chi connectivity index (χ3v) is 4.22. The Bertz CT molecular complexity index is 870. The number of carbonyl (C=O) groups is 1. The quantitative estimate of drug-likeness (QED) is 0.487. The lowest BCUT2D eigenvalue weighted by Gasteiger charge is -2.11. The summed E-state index contributed by atoms with van der Waals surface area (Å²) in [6.45, 7) is 1.32. The highest BCUT2D eigenvalue weighted by Gasteiger charge is 2.16. The number of carbonyl (C=O) groups excluding carboxylic acids is 1. The van der Waals surface area contributed by atoms with Crippen LogP contribution in [-0.2, 0) is 4.74 Å². The summed E-state index contributed by atoms with van der Waals surface area (Å²) in [7, 11) is 0. The van der Waals surface area contributed by atoms with Gasteiger partial charge < -0.3 is 18.6 Å². The SMILES string of the molecule is O=C(Oc1ccc(-c2nnco2)cc1)c1ccc(OCC2CCCO2)cc1. The maximum absolute atomic E-state index is 12.3. The van der Waals surface area contributed by atoms with Crippen molar-refractivity contribution < 1.29 is 23.4 Å². The lowest BCUT2D eigenvalue weighted by atomic mass is 10.2. The van der Waals surface area contributed by atoms with Crippen molar-refractivity contribution in [2.75, 3.05) is 13.2 Å². The highest BCUT2D eigenvalue weighted by Crippen LogP contribution is 2.22. The fourth-order valence-electron chi connectivity index (χ4n) is 2.78. The number of hydrogen-bond donors (Lipinski definition) is 0. The fraction of sp³-hybridized carbons (Fsp3) is 0.250. The van der Waals surface area contributed by atoms with E-state index in [9.17, 15) is 4.79 Å². The highest BCUT2D eigenvalue weighted by molar-refractivity contribution is 5.91. The zero-order valence-corrected chi connectivity index (χ0v) is 14.5. The van der Waals surface area contributed by atoms with Crippen LogP contribution in [0.25, 0.3) is 11.5 Å². The van der Waals surface area contributed by atoms with Gasteiger partial charge in [-0.25, -0.2) is 4.79 Å². The van der Waals surface area contributed by atoms with Gasteiger partial charge in [-0.15, -0.1) is 10.2 Å². The van der Waals surface area contributed by atoms with Gasteiger partial charge in [0.2, 0.25) is 12.3 Å². The van der Waals surface area contributed by atoms with Gasteiger partial charge in [0.15, 0.2) is 0 Å². The van der Waals surface area contributed by atoms with E-state index in [2.05, 4.69) is 10.2 Å². The van der Waals surface area contributed by atoms with Crippen LogP contribution >= 0.6 is 0 Å². The predicted molar refractivity (Wildman–Crippen MR) is 95.6 cm³/mol. The number of hydrogen-bond acceptors (Lipinski definition) is 7. The second-order valence-electron chi connectivity index (χ2n) is 6.13. The average Bonchev–Trinajstić information content (AvgIpc) is 3.41. The molecule has 1 saturated heterocycles. The molecule has 1 aromatic heterocycles. The van der Waals surface area contributed by atoms with Gasteiger partial charge in [0.05, 0.1) is 11.7 Å². The van der Waals surface area contributed by atoms with Gasteiger partial charge in [-0.3, -0.25) is 0 Å². The van der Waals surface area contributed by atoms with Crippen LogP contribution in [0.1, 0.15) is 23.2 Å². The Morgan fingerprint density at radius 2 is 1.85 bits per heavy atom. The molecule has 4 rings (SSSR count). The van der Waals surface area contributed by atoms with Gasteiger partial charge in [-0.05, 0) is 61.4 Å². The molecule has 7 nitrogen and oxygen atoms in total. The minimum Gasteiger partial charge on any atom is -0.491 e. The van der Waals surface area contributed by atoms with E-state index in [-0.39, 0.29) is 6.10 Å². The van der Waals surface area contributed by atoms with Crippen LogP contribution in [0.2, 0.25) is 0 Å². The molecule has 0 radical (unpaired) electrons. The fourth-order valence-corrected chi connectivity index (χ4v) is 2.78. The third-order valence-electron chi connectivity index (χ3n) is 4.22. The molecule has 0 N–H and O–H groups in total. The summed E-state index contributed by atoms with van der Waals surface area (Å²) in [5.74, 6) is 1.10. The van der Waals surface area contributed by atoms with Crippen LogP contribution in [0, 0.1) is 0 Å². The Balaban J connectivity index is 1.33. The molecule has 1 aliphatic rings. The van der Waals surface area contributed by atoms with Gasteiger partial charge in [0, 0.05) is 12.2 Å². The molecule has 0 bridgehead atoms. The van der Waals surface area contributed by atoms with Crippen molar-refractivity contribution in [3.05, 3.63) is 60.5 Å². The third kappa shape index (κ3) is 4.32. The molecule has 2 aromatic carbocycles. The molecular formula is C20H18N2O5. The van der Waals surface area contributed by atoms with E-state index in [1.807, 2.05) is 0 Å². The molecule has 138 valence electrons. The van der Waals surface area contributed by atoms with E-state index in [0.717, 1.165) is 25.0 Å².